The lowest BCUT2D eigenvalue weighted by Crippen LogP contribution is -2.31. The minimum Gasteiger partial charge on any atom is -0.478 e. The van der Waals surface area contributed by atoms with Crippen LogP contribution in [0.4, 0.5) is 0 Å². The normalized spacial score (nSPS) is 18.6. The molecule has 0 fully saturated rings. The predicted octanol–water partition coefficient (Wildman–Crippen LogP) is 1.94. The largest absolute Gasteiger partial charge is 0.478 e. The number of carboxylic acids is 1. The van der Waals surface area contributed by atoms with Crippen molar-refractivity contribution in [2.45, 2.75) is 18.6 Å². The quantitative estimate of drug-likeness (QED) is 0.396. The van der Waals surface area contributed by atoms with Crippen molar-refractivity contribution in [2.75, 3.05) is 12.9 Å². The maximum Gasteiger partial charge on any atom is 0.327 e. The molecule has 4 unspecified atom stereocenters. The van der Waals surface area contributed by atoms with Crippen LogP contribution < -0.4 is 0 Å². The first-order chi connectivity index (χ1) is 10.2. The number of ether oxygens (including phenoxy) is 1. The standard InChI is InChI=1S/C15H23NO5S/c1-4-10-21-14(5-2)12(9-11-22(3,16)20)13(17)7-6-8-15(18)19/h4-6,8-9,11-14,16-17H,1-2,7,10H2,3H3,(H,18,19)/b8-6+,11-9+. The zero-order chi connectivity index (χ0) is 17.2. The molecular formula is C15H23NO5S. The third-order valence-corrected chi connectivity index (χ3v) is 3.34. The van der Waals surface area contributed by atoms with E-state index in [2.05, 4.69) is 13.2 Å². The van der Waals surface area contributed by atoms with Crippen molar-refractivity contribution in [3.8, 4) is 0 Å². The summed E-state index contributed by atoms with van der Waals surface area (Å²) in [5.41, 5.74) is 0. The van der Waals surface area contributed by atoms with Crippen LogP contribution in [0.15, 0.2) is 48.9 Å². The Morgan fingerprint density at radius 2 is 2.09 bits per heavy atom. The van der Waals surface area contributed by atoms with Gasteiger partial charge in [-0.1, -0.05) is 24.3 Å². The monoisotopic (exact) mass is 329 g/mol. The molecule has 0 aliphatic rings. The lowest BCUT2D eigenvalue weighted by Gasteiger charge is -2.26. The summed E-state index contributed by atoms with van der Waals surface area (Å²) in [6.07, 6.45) is 6.52. The second kappa shape index (κ2) is 10.1. The molecule has 0 amide bonds. The van der Waals surface area contributed by atoms with E-state index < -0.39 is 33.8 Å². The van der Waals surface area contributed by atoms with Crippen LogP contribution in [0.25, 0.3) is 0 Å². The molecule has 0 aliphatic carbocycles. The van der Waals surface area contributed by atoms with Gasteiger partial charge in [0.15, 0.2) is 0 Å². The molecule has 0 spiro atoms. The van der Waals surface area contributed by atoms with Crippen LogP contribution in [0, 0.1) is 10.7 Å². The molecule has 0 saturated carbocycles. The fraction of sp³-hybridized carbons (Fsp3) is 0.400. The highest BCUT2D eigenvalue weighted by molar-refractivity contribution is 7.94. The van der Waals surface area contributed by atoms with E-state index in [1.165, 1.54) is 29.9 Å². The van der Waals surface area contributed by atoms with E-state index in [-0.39, 0.29) is 13.0 Å². The van der Waals surface area contributed by atoms with Gasteiger partial charge in [-0.05, 0) is 6.42 Å². The molecule has 0 heterocycles. The van der Waals surface area contributed by atoms with Crippen molar-refractivity contribution in [3.05, 3.63) is 48.9 Å². The lowest BCUT2D eigenvalue weighted by molar-refractivity contribution is -0.131. The number of aliphatic hydroxyl groups is 1. The van der Waals surface area contributed by atoms with Crippen molar-refractivity contribution in [2.24, 2.45) is 5.92 Å². The second-order valence-corrected chi connectivity index (χ2v) is 6.76. The molecule has 6 nitrogen and oxygen atoms in total. The fourth-order valence-electron chi connectivity index (χ4n) is 1.68. The van der Waals surface area contributed by atoms with Gasteiger partial charge in [-0.25, -0.2) is 13.8 Å². The average molecular weight is 329 g/mol. The summed E-state index contributed by atoms with van der Waals surface area (Å²) in [5.74, 6) is -1.72. The fourth-order valence-corrected chi connectivity index (χ4v) is 2.16. The molecule has 0 aromatic rings. The van der Waals surface area contributed by atoms with E-state index >= 15 is 0 Å². The molecule has 0 aromatic carbocycles. The van der Waals surface area contributed by atoms with Gasteiger partial charge in [0.05, 0.1) is 28.5 Å². The minimum atomic E-state index is -2.86. The Bertz CT molecular complexity index is 536. The van der Waals surface area contributed by atoms with Gasteiger partial charge in [0.1, 0.15) is 0 Å². The maximum absolute atomic E-state index is 11.5. The third kappa shape index (κ3) is 9.28. The number of aliphatic carboxylic acids is 1. The summed E-state index contributed by atoms with van der Waals surface area (Å²) in [6.45, 7) is 7.41. The van der Waals surface area contributed by atoms with Gasteiger partial charge in [-0.3, -0.25) is 0 Å². The number of aliphatic hydroxyl groups excluding tert-OH is 1. The summed E-state index contributed by atoms with van der Waals surface area (Å²) < 4.78 is 24.3. The molecular weight excluding hydrogens is 306 g/mol. The Morgan fingerprint density at radius 3 is 2.55 bits per heavy atom. The lowest BCUT2D eigenvalue weighted by atomic mass is 9.93. The molecule has 0 radical (unpaired) electrons. The molecule has 4 atom stereocenters. The van der Waals surface area contributed by atoms with Gasteiger partial charge < -0.3 is 14.9 Å². The smallest absolute Gasteiger partial charge is 0.327 e. The average Bonchev–Trinajstić information content (AvgIpc) is 2.40. The molecule has 0 aromatic heterocycles. The molecule has 3 N–H and O–H groups in total. The first-order valence-corrected chi connectivity index (χ1v) is 8.58. The third-order valence-electron chi connectivity index (χ3n) is 2.66. The number of carbonyl (C=O) groups is 1. The highest BCUT2D eigenvalue weighted by Gasteiger charge is 2.24. The van der Waals surface area contributed by atoms with E-state index in [9.17, 15) is 14.1 Å². The number of carboxylic acid groups (broad SMARTS) is 1. The minimum absolute atomic E-state index is 0.0754. The zero-order valence-electron chi connectivity index (χ0n) is 12.6. The SMILES string of the molecule is C=CCOC(C=C)C(/C=C/S(C)(=N)=O)C(O)C/C=C/C(=O)O. The van der Waals surface area contributed by atoms with E-state index in [1.54, 1.807) is 6.08 Å². The van der Waals surface area contributed by atoms with E-state index in [0.29, 0.717) is 0 Å². The van der Waals surface area contributed by atoms with Crippen molar-refractivity contribution in [1.82, 2.24) is 0 Å². The first-order valence-electron chi connectivity index (χ1n) is 6.55. The Morgan fingerprint density at radius 1 is 1.45 bits per heavy atom. The van der Waals surface area contributed by atoms with Gasteiger partial charge >= 0.3 is 5.97 Å². The second-order valence-electron chi connectivity index (χ2n) is 4.68. The molecule has 0 bridgehead atoms. The van der Waals surface area contributed by atoms with Crippen LogP contribution in [-0.4, -0.2) is 45.5 Å². The molecule has 124 valence electrons. The van der Waals surface area contributed by atoms with E-state index in [4.69, 9.17) is 14.6 Å². The van der Waals surface area contributed by atoms with E-state index in [0.717, 1.165) is 6.08 Å². The Kier molecular flexibility index (Phi) is 9.32. The summed E-state index contributed by atoms with van der Waals surface area (Å²) in [5, 5.41) is 20.0. The van der Waals surface area contributed by atoms with Crippen molar-refractivity contribution in [1.29, 1.82) is 4.78 Å². The van der Waals surface area contributed by atoms with Crippen LogP contribution >= 0.6 is 0 Å². The van der Waals surface area contributed by atoms with Crippen LogP contribution in [0.2, 0.25) is 0 Å². The van der Waals surface area contributed by atoms with Gasteiger partial charge in [0.2, 0.25) is 0 Å². The number of rotatable bonds is 11. The molecule has 0 saturated heterocycles. The number of hydrogen-bond donors (Lipinski definition) is 3. The zero-order valence-corrected chi connectivity index (χ0v) is 13.4. The van der Waals surface area contributed by atoms with Crippen molar-refractivity contribution in [3.63, 3.8) is 0 Å². The summed E-state index contributed by atoms with van der Waals surface area (Å²) in [6, 6.07) is 0. The van der Waals surface area contributed by atoms with Gasteiger partial charge in [0.25, 0.3) is 0 Å². The van der Waals surface area contributed by atoms with Gasteiger partial charge in [0, 0.05) is 23.7 Å². The van der Waals surface area contributed by atoms with Crippen LogP contribution in [0.3, 0.4) is 0 Å². The molecule has 7 heteroatoms. The maximum atomic E-state index is 11.5. The highest BCUT2D eigenvalue weighted by Crippen LogP contribution is 2.19. The van der Waals surface area contributed by atoms with E-state index in [1.807, 2.05) is 0 Å². The Balaban J connectivity index is 5.20. The topological polar surface area (TPSA) is 108 Å². The van der Waals surface area contributed by atoms with Gasteiger partial charge in [-0.15, -0.1) is 13.2 Å². The molecule has 22 heavy (non-hydrogen) atoms. The molecule has 0 aliphatic heterocycles. The summed E-state index contributed by atoms with van der Waals surface area (Å²) >= 11 is 0. The Labute approximate surface area is 131 Å². The van der Waals surface area contributed by atoms with Crippen LogP contribution in [-0.2, 0) is 19.3 Å². The van der Waals surface area contributed by atoms with Crippen molar-refractivity contribution < 1.29 is 24.0 Å². The van der Waals surface area contributed by atoms with Crippen molar-refractivity contribution >= 4 is 15.7 Å². The summed E-state index contributed by atoms with van der Waals surface area (Å²) in [7, 11) is -2.86. The van der Waals surface area contributed by atoms with Crippen LogP contribution in [0.1, 0.15) is 6.42 Å². The highest BCUT2D eigenvalue weighted by atomic mass is 32.2. The number of hydrogen-bond acceptors (Lipinski definition) is 5. The predicted molar refractivity (Wildman–Crippen MR) is 86.9 cm³/mol. The molecule has 0 rings (SSSR count). The Hall–Kier alpha value is -1.70. The van der Waals surface area contributed by atoms with Crippen LogP contribution in [0.5, 0.6) is 0 Å². The summed E-state index contributed by atoms with van der Waals surface area (Å²) in [4.78, 5) is 10.4. The van der Waals surface area contributed by atoms with Gasteiger partial charge in [-0.2, -0.15) is 0 Å². The first kappa shape index (κ1) is 20.3. The number of nitrogens with one attached hydrogen (secondary N) is 1.